The molecule has 0 aliphatic carbocycles. The average Bonchev–Trinajstić information content (AvgIpc) is 3.17. The van der Waals surface area contributed by atoms with Gasteiger partial charge in [-0.15, -0.1) is 11.3 Å². The topological polar surface area (TPSA) is 36.4 Å². The fourth-order valence-corrected chi connectivity index (χ4v) is 3.62. The van der Waals surface area contributed by atoms with Crippen molar-refractivity contribution in [3.05, 3.63) is 46.3 Å². The Morgan fingerprint density at radius 2 is 2.29 bits per heavy atom. The minimum atomic E-state index is 0.108. The molecule has 0 radical (unpaired) electrons. The Hall–Kier alpha value is -1.88. The molecule has 1 fully saturated rings. The Balaban J connectivity index is 1.86. The summed E-state index contributed by atoms with van der Waals surface area (Å²) in [6.45, 7) is 0.834. The monoisotopic (exact) mass is 301 g/mol. The Bertz CT molecular complexity index is 624. The van der Waals surface area contributed by atoms with Crippen molar-refractivity contribution in [2.24, 2.45) is 0 Å². The number of likely N-dealkylation sites (tertiary alicyclic amines) is 1. The fourth-order valence-electron chi connectivity index (χ4n) is 2.75. The zero-order chi connectivity index (χ0) is 14.8. The lowest BCUT2D eigenvalue weighted by Gasteiger charge is -2.24. The second-order valence-corrected chi connectivity index (χ2v) is 6.45. The lowest BCUT2D eigenvalue weighted by Crippen LogP contribution is -2.30. The first kappa shape index (κ1) is 14.1. The van der Waals surface area contributed by atoms with E-state index in [-0.39, 0.29) is 11.9 Å². The third-order valence-corrected chi connectivity index (χ3v) is 4.81. The highest BCUT2D eigenvalue weighted by atomic mass is 32.1. The SMILES string of the molecule is CN(C)c1cc(C(=O)N2CCC[C@H]2c2cccs2)ccn1. The maximum atomic E-state index is 12.8. The van der Waals surface area contributed by atoms with Crippen molar-refractivity contribution >= 4 is 23.1 Å². The van der Waals surface area contributed by atoms with E-state index in [0.29, 0.717) is 0 Å². The predicted octanol–water partition coefficient (Wildman–Crippen LogP) is 3.19. The molecule has 1 atom stereocenters. The van der Waals surface area contributed by atoms with Gasteiger partial charge in [-0.25, -0.2) is 4.98 Å². The van der Waals surface area contributed by atoms with E-state index in [1.165, 1.54) is 4.88 Å². The molecule has 0 bridgehead atoms. The first-order valence-corrected chi connectivity index (χ1v) is 8.02. The van der Waals surface area contributed by atoms with Crippen LogP contribution in [0.3, 0.4) is 0 Å². The number of hydrogen-bond donors (Lipinski definition) is 0. The summed E-state index contributed by atoms with van der Waals surface area (Å²) in [5.74, 6) is 0.920. The minimum Gasteiger partial charge on any atom is -0.363 e. The summed E-state index contributed by atoms with van der Waals surface area (Å²) < 4.78 is 0. The van der Waals surface area contributed by atoms with E-state index in [2.05, 4.69) is 22.5 Å². The number of thiophene rings is 1. The van der Waals surface area contributed by atoms with Crippen LogP contribution >= 0.6 is 11.3 Å². The minimum absolute atomic E-state index is 0.108. The molecule has 0 spiro atoms. The molecule has 4 nitrogen and oxygen atoms in total. The first-order valence-electron chi connectivity index (χ1n) is 7.14. The molecule has 1 aliphatic rings. The highest BCUT2D eigenvalue weighted by Crippen LogP contribution is 2.35. The molecule has 1 amide bonds. The summed E-state index contributed by atoms with van der Waals surface area (Å²) in [6.07, 6.45) is 3.83. The highest BCUT2D eigenvalue weighted by molar-refractivity contribution is 7.10. The van der Waals surface area contributed by atoms with Crippen molar-refractivity contribution < 1.29 is 4.79 Å². The zero-order valence-electron chi connectivity index (χ0n) is 12.3. The number of amides is 1. The van der Waals surface area contributed by atoms with Crippen LogP contribution in [-0.4, -0.2) is 36.4 Å². The van der Waals surface area contributed by atoms with E-state index in [0.717, 1.165) is 30.8 Å². The molecule has 0 saturated carbocycles. The third kappa shape index (κ3) is 2.78. The van der Waals surface area contributed by atoms with Crippen LogP contribution in [0, 0.1) is 0 Å². The zero-order valence-corrected chi connectivity index (χ0v) is 13.1. The van der Waals surface area contributed by atoms with E-state index < -0.39 is 0 Å². The van der Waals surface area contributed by atoms with Crippen molar-refractivity contribution in [1.82, 2.24) is 9.88 Å². The van der Waals surface area contributed by atoms with Crippen LogP contribution in [0.25, 0.3) is 0 Å². The van der Waals surface area contributed by atoms with Gasteiger partial charge in [0.2, 0.25) is 0 Å². The molecular weight excluding hydrogens is 282 g/mol. The molecule has 3 heterocycles. The van der Waals surface area contributed by atoms with Crippen molar-refractivity contribution in [1.29, 1.82) is 0 Å². The van der Waals surface area contributed by atoms with E-state index in [9.17, 15) is 4.79 Å². The van der Waals surface area contributed by atoms with Gasteiger partial charge in [-0.3, -0.25) is 4.79 Å². The smallest absolute Gasteiger partial charge is 0.254 e. The van der Waals surface area contributed by atoms with Crippen LogP contribution in [0.4, 0.5) is 5.82 Å². The number of hydrogen-bond acceptors (Lipinski definition) is 4. The average molecular weight is 301 g/mol. The molecule has 2 aromatic heterocycles. The van der Waals surface area contributed by atoms with E-state index >= 15 is 0 Å². The summed E-state index contributed by atoms with van der Waals surface area (Å²) in [7, 11) is 3.86. The first-order chi connectivity index (χ1) is 10.2. The number of aromatic nitrogens is 1. The second-order valence-electron chi connectivity index (χ2n) is 5.47. The number of rotatable bonds is 3. The Labute approximate surface area is 129 Å². The van der Waals surface area contributed by atoms with Crippen LogP contribution in [0.15, 0.2) is 35.8 Å². The van der Waals surface area contributed by atoms with Gasteiger partial charge in [0.15, 0.2) is 0 Å². The molecule has 110 valence electrons. The van der Waals surface area contributed by atoms with Crippen molar-refractivity contribution in [2.45, 2.75) is 18.9 Å². The molecule has 5 heteroatoms. The standard InChI is InChI=1S/C16H19N3OS/c1-18(2)15-11-12(7-8-17-15)16(20)19-9-3-5-13(19)14-6-4-10-21-14/h4,6-8,10-11,13H,3,5,9H2,1-2H3/t13-/m0/s1. The van der Waals surface area contributed by atoms with Gasteiger partial charge in [-0.2, -0.15) is 0 Å². The van der Waals surface area contributed by atoms with Crippen molar-refractivity contribution in [2.75, 3.05) is 25.5 Å². The number of pyridine rings is 1. The number of carbonyl (C=O) groups excluding carboxylic acids is 1. The maximum absolute atomic E-state index is 12.8. The van der Waals surface area contributed by atoms with E-state index in [1.54, 1.807) is 23.6 Å². The van der Waals surface area contributed by atoms with Gasteiger partial charge >= 0.3 is 0 Å². The summed E-state index contributed by atoms with van der Waals surface area (Å²) in [5.41, 5.74) is 0.720. The lowest BCUT2D eigenvalue weighted by atomic mass is 10.1. The van der Waals surface area contributed by atoms with Crippen LogP contribution in [0.2, 0.25) is 0 Å². The lowest BCUT2D eigenvalue weighted by molar-refractivity contribution is 0.0738. The third-order valence-electron chi connectivity index (χ3n) is 3.84. The molecule has 0 aromatic carbocycles. The summed E-state index contributed by atoms with van der Waals surface area (Å²) in [5, 5.41) is 2.08. The van der Waals surface area contributed by atoms with Gasteiger partial charge in [-0.1, -0.05) is 6.07 Å². The maximum Gasteiger partial charge on any atom is 0.254 e. The van der Waals surface area contributed by atoms with Gasteiger partial charge in [0.05, 0.1) is 6.04 Å². The Kier molecular flexibility index (Phi) is 3.92. The molecule has 0 N–H and O–H groups in total. The number of nitrogens with zero attached hydrogens (tertiary/aromatic N) is 3. The van der Waals surface area contributed by atoms with Gasteiger partial charge in [0.25, 0.3) is 5.91 Å². The van der Waals surface area contributed by atoms with Crippen LogP contribution in [-0.2, 0) is 0 Å². The van der Waals surface area contributed by atoms with Gasteiger partial charge in [0.1, 0.15) is 5.82 Å². The molecule has 21 heavy (non-hydrogen) atoms. The quantitative estimate of drug-likeness (QED) is 0.873. The van der Waals surface area contributed by atoms with E-state index in [1.807, 2.05) is 30.0 Å². The number of anilines is 1. The van der Waals surface area contributed by atoms with Crippen LogP contribution in [0.1, 0.15) is 34.1 Å². The Morgan fingerprint density at radius 3 is 3.00 bits per heavy atom. The normalized spacial score (nSPS) is 18.0. The van der Waals surface area contributed by atoms with Crippen molar-refractivity contribution in [3.8, 4) is 0 Å². The van der Waals surface area contributed by atoms with Gasteiger partial charge < -0.3 is 9.80 Å². The number of carbonyl (C=O) groups is 1. The molecule has 0 unspecified atom stereocenters. The summed E-state index contributed by atoms with van der Waals surface area (Å²) in [4.78, 5) is 22.3. The van der Waals surface area contributed by atoms with Gasteiger partial charge in [-0.05, 0) is 36.4 Å². The molecule has 3 rings (SSSR count). The van der Waals surface area contributed by atoms with E-state index in [4.69, 9.17) is 0 Å². The van der Waals surface area contributed by atoms with Crippen LogP contribution < -0.4 is 4.90 Å². The predicted molar refractivity (Wildman–Crippen MR) is 85.9 cm³/mol. The Morgan fingerprint density at radius 1 is 1.43 bits per heavy atom. The van der Waals surface area contributed by atoms with Crippen LogP contribution in [0.5, 0.6) is 0 Å². The van der Waals surface area contributed by atoms with Crippen molar-refractivity contribution in [3.63, 3.8) is 0 Å². The molecular formula is C16H19N3OS. The summed E-state index contributed by atoms with van der Waals surface area (Å²) >= 11 is 1.73. The largest absolute Gasteiger partial charge is 0.363 e. The second kappa shape index (κ2) is 5.85. The molecule has 2 aromatic rings. The van der Waals surface area contributed by atoms with Gasteiger partial charge in [0, 0.05) is 37.3 Å². The molecule has 1 aliphatic heterocycles. The summed E-state index contributed by atoms with van der Waals surface area (Å²) in [6, 6.07) is 8.08. The highest BCUT2D eigenvalue weighted by Gasteiger charge is 2.31. The molecule has 1 saturated heterocycles. The fraction of sp³-hybridized carbons (Fsp3) is 0.375.